The standard InChI is InChI=1S/C19H22N6OS/c20-8-15-2-1-7-25(15)19(26)16-10-24(11-17(16)21)9-13-3-5-14(6-4-13)18-12-27-23-22-18/h3-6,12,15-17H,1-2,7,9-11,21H2/t15-,16+,17-/m0/s1. The molecule has 140 valence electrons. The van der Waals surface area contributed by atoms with Crippen LogP contribution < -0.4 is 5.73 Å². The predicted octanol–water partition coefficient (Wildman–Crippen LogP) is 1.48. The van der Waals surface area contributed by atoms with Gasteiger partial charge in [0.25, 0.3) is 0 Å². The van der Waals surface area contributed by atoms with Crippen molar-refractivity contribution in [1.29, 1.82) is 5.26 Å². The van der Waals surface area contributed by atoms with Gasteiger partial charge in [-0.1, -0.05) is 28.8 Å². The van der Waals surface area contributed by atoms with Crippen molar-refractivity contribution in [2.24, 2.45) is 11.7 Å². The summed E-state index contributed by atoms with van der Waals surface area (Å²) in [6.07, 6.45) is 1.67. The molecule has 0 spiro atoms. The first-order valence-corrected chi connectivity index (χ1v) is 10.0. The summed E-state index contributed by atoms with van der Waals surface area (Å²) in [5.74, 6) is -0.181. The predicted molar refractivity (Wildman–Crippen MR) is 102 cm³/mol. The highest BCUT2D eigenvalue weighted by Gasteiger charge is 2.40. The van der Waals surface area contributed by atoms with Crippen molar-refractivity contribution < 1.29 is 4.79 Å². The van der Waals surface area contributed by atoms with E-state index in [1.807, 2.05) is 17.5 Å². The highest BCUT2D eigenvalue weighted by Crippen LogP contribution is 2.25. The summed E-state index contributed by atoms with van der Waals surface area (Å²) in [6.45, 7) is 2.77. The Balaban J connectivity index is 1.38. The molecule has 1 aromatic carbocycles. The number of nitrogens with zero attached hydrogens (tertiary/aromatic N) is 5. The second kappa shape index (κ2) is 7.72. The zero-order valence-electron chi connectivity index (χ0n) is 15.0. The molecule has 8 heteroatoms. The summed E-state index contributed by atoms with van der Waals surface area (Å²) in [6, 6.07) is 10.0. The largest absolute Gasteiger partial charge is 0.326 e. The van der Waals surface area contributed by atoms with E-state index in [0.29, 0.717) is 19.6 Å². The Morgan fingerprint density at radius 2 is 2.15 bits per heavy atom. The van der Waals surface area contributed by atoms with Gasteiger partial charge in [-0.25, -0.2) is 0 Å². The Kier molecular flexibility index (Phi) is 5.16. The first-order chi connectivity index (χ1) is 13.2. The monoisotopic (exact) mass is 382 g/mol. The molecule has 0 bridgehead atoms. The van der Waals surface area contributed by atoms with Crippen LogP contribution in [0.2, 0.25) is 0 Å². The number of likely N-dealkylation sites (tertiary alicyclic amines) is 2. The second-order valence-electron chi connectivity index (χ2n) is 7.27. The van der Waals surface area contributed by atoms with E-state index in [4.69, 9.17) is 5.73 Å². The lowest BCUT2D eigenvalue weighted by molar-refractivity contribution is -0.135. The van der Waals surface area contributed by atoms with Crippen LogP contribution >= 0.6 is 11.5 Å². The molecule has 2 aromatic rings. The van der Waals surface area contributed by atoms with Gasteiger partial charge in [-0.05, 0) is 29.9 Å². The van der Waals surface area contributed by atoms with Crippen LogP contribution in [0.25, 0.3) is 11.3 Å². The number of rotatable bonds is 4. The molecular weight excluding hydrogens is 360 g/mol. The molecule has 3 heterocycles. The van der Waals surface area contributed by atoms with Crippen molar-refractivity contribution in [3.05, 3.63) is 35.2 Å². The lowest BCUT2D eigenvalue weighted by Gasteiger charge is -2.25. The average Bonchev–Trinajstić information content (AvgIpc) is 3.42. The molecule has 27 heavy (non-hydrogen) atoms. The summed E-state index contributed by atoms with van der Waals surface area (Å²) in [5.41, 5.74) is 9.40. The minimum Gasteiger partial charge on any atom is -0.326 e. The maximum atomic E-state index is 12.9. The number of hydrogen-bond donors (Lipinski definition) is 1. The van der Waals surface area contributed by atoms with Gasteiger partial charge >= 0.3 is 0 Å². The SMILES string of the molecule is N#C[C@@H]1CCCN1C(=O)[C@@H]1CN(Cc2ccc(-c3csnn3)cc2)C[C@@H]1N. The summed E-state index contributed by atoms with van der Waals surface area (Å²) < 4.78 is 3.89. The molecule has 0 aliphatic carbocycles. The molecule has 2 fully saturated rings. The number of amides is 1. The molecule has 2 saturated heterocycles. The van der Waals surface area contributed by atoms with Crippen LogP contribution in [0, 0.1) is 17.2 Å². The molecule has 3 atom stereocenters. The Labute approximate surface area is 162 Å². The van der Waals surface area contributed by atoms with Crippen LogP contribution in [-0.2, 0) is 11.3 Å². The highest BCUT2D eigenvalue weighted by atomic mass is 32.1. The van der Waals surface area contributed by atoms with Crippen molar-refractivity contribution >= 4 is 17.4 Å². The molecule has 0 unspecified atom stereocenters. The van der Waals surface area contributed by atoms with Crippen molar-refractivity contribution in [2.75, 3.05) is 19.6 Å². The van der Waals surface area contributed by atoms with E-state index in [1.54, 1.807) is 4.90 Å². The van der Waals surface area contributed by atoms with Gasteiger partial charge in [-0.15, -0.1) is 5.10 Å². The van der Waals surface area contributed by atoms with E-state index >= 15 is 0 Å². The molecule has 2 N–H and O–H groups in total. The van der Waals surface area contributed by atoms with E-state index in [1.165, 1.54) is 17.1 Å². The Morgan fingerprint density at radius 1 is 1.33 bits per heavy atom. The first-order valence-electron chi connectivity index (χ1n) is 9.20. The summed E-state index contributed by atoms with van der Waals surface area (Å²) in [4.78, 5) is 16.8. The van der Waals surface area contributed by atoms with E-state index in [9.17, 15) is 10.1 Å². The zero-order valence-corrected chi connectivity index (χ0v) is 15.8. The summed E-state index contributed by atoms with van der Waals surface area (Å²) in [5, 5.41) is 15.3. The van der Waals surface area contributed by atoms with Crippen molar-refractivity contribution in [3.8, 4) is 17.3 Å². The summed E-state index contributed by atoms with van der Waals surface area (Å²) in [7, 11) is 0. The van der Waals surface area contributed by atoms with Crippen LogP contribution in [0.3, 0.4) is 0 Å². The van der Waals surface area contributed by atoms with Gasteiger partial charge in [0.15, 0.2) is 0 Å². The van der Waals surface area contributed by atoms with E-state index in [-0.39, 0.29) is 23.9 Å². The van der Waals surface area contributed by atoms with E-state index in [2.05, 4.69) is 32.7 Å². The van der Waals surface area contributed by atoms with Crippen LogP contribution in [-0.4, -0.2) is 57.0 Å². The van der Waals surface area contributed by atoms with Crippen LogP contribution in [0.5, 0.6) is 0 Å². The third kappa shape index (κ3) is 3.72. The molecular formula is C19H22N6OS. The quantitative estimate of drug-likeness (QED) is 0.860. The molecule has 2 aliphatic heterocycles. The minimum absolute atomic E-state index is 0.0421. The highest BCUT2D eigenvalue weighted by molar-refractivity contribution is 7.03. The second-order valence-corrected chi connectivity index (χ2v) is 7.88. The van der Waals surface area contributed by atoms with Crippen molar-refractivity contribution in [3.63, 3.8) is 0 Å². The van der Waals surface area contributed by atoms with Crippen LogP contribution in [0.15, 0.2) is 29.6 Å². The molecule has 7 nitrogen and oxygen atoms in total. The minimum atomic E-state index is -0.286. The third-order valence-corrected chi connectivity index (χ3v) is 5.96. The number of carbonyl (C=O) groups excluding carboxylic acids is 1. The van der Waals surface area contributed by atoms with Crippen LogP contribution in [0.4, 0.5) is 0 Å². The van der Waals surface area contributed by atoms with E-state index < -0.39 is 0 Å². The fourth-order valence-electron chi connectivity index (χ4n) is 4.01. The Hall–Kier alpha value is -2.34. The number of hydrogen-bond acceptors (Lipinski definition) is 7. The smallest absolute Gasteiger partial charge is 0.229 e. The lowest BCUT2D eigenvalue weighted by Crippen LogP contribution is -2.45. The first kappa shape index (κ1) is 18.0. The maximum absolute atomic E-state index is 12.9. The molecule has 0 radical (unpaired) electrons. The fourth-order valence-corrected chi connectivity index (χ4v) is 4.48. The number of benzene rings is 1. The van der Waals surface area contributed by atoms with Gasteiger partial charge in [-0.2, -0.15) is 5.26 Å². The zero-order chi connectivity index (χ0) is 18.8. The third-order valence-electron chi connectivity index (χ3n) is 5.46. The Bertz CT molecular complexity index is 831. The molecule has 2 aliphatic rings. The lowest BCUT2D eigenvalue weighted by atomic mass is 10.0. The number of nitrogens with two attached hydrogens (primary N) is 1. The van der Waals surface area contributed by atoms with Gasteiger partial charge < -0.3 is 10.6 Å². The van der Waals surface area contributed by atoms with Gasteiger partial charge in [0.05, 0.1) is 12.0 Å². The maximum Gasteiger partial charge on any atom is 0.229 e. The number of carbonyl (C=O) groups is 1. The van der Waals surface area contributed by atoms with Gasteiger partial charge in [0, 0.05) is 43.2 Å². The topological polar surface area (TPSA) is 99.1 Å². The van der Waals surface area contributed by atoms with Gasteiger partial charge in [-0.3, -0.25) is 9.69 Å². The number of nitriles is 1. The molecule has 0 saturated carbocycles. The average molecular weight is 382 g/mol. The summed E-state index contributed by atoms with van der Waals surface area (Å²) >= 11 is 1.34. The van der Waals surface area contributed by atoms with Gasteiger partial charge in [0.1, 0.15) is 11.7 Å². The van der Waals surface area contributed by atoms with Crippen molar-refractivity contribution in [2.45, 2.75) is 31.5 Å². The number of aromatic nitrogens is 2. The van der Waals surface area contributed by atoms with Crippen LogP contribution in [0.1, 0.15) is 18.4 Å². The van der Waals surface area contributed by atoms with E-state index in [0.717, 1.165) is 30.6 Å². The normalized spacial score (nSPS) is 25.6. The molecule has 1 aromatic heterocycles. The van der Waals surface area contributed by atoms with Gasteiger partial charge in [0.2, 0.25) is 5.91 Å². The Morgan fingerprint density at radius 3 is 2.85 bits per heavy atom. The molecule has 1 amide bonds. The fraction of sp³-hybridized carbons (Fsp3) is 0.474. The molecule has 4 rings (SSSR count). The van der Waals surface area contributed by atoms with Crippen molar-refractivity contribution in [1.82, 2.24) is 19.4 Å².